The number of amides is 1. The summed E-state index contributed by atoms with van der Waals surface area (Å²) in [5, 5.41) is 3.99. The zero-order valence-corrected chi connectivity index (χ0v) is 13.6. The van der Waals surface area contributed by atoms with Crippen LogP contribution in [0.1, 0.15) is 28.2 Å². The molecule has 0 spiro atoms. The van der Waals surface area contributed by atoms with Crippen molar-refractivity contribution in [3.05, 3.63) is 69.6 Å². The average molecular weight is 352 g/mol. The molecule has 0 radical (unpaired) electrons. The van der Waals surface area contributed by atoms with Crippen molar-refractivity contribution in [3.8, 4) is 0 Å². The Bertz CT molecular complexity index is 893. The zero-order chi connectivity index (χ0) is 16.6. The van der Waals surface area contributed by atoms with E-state index in [9.17, 15) is 13.6 Å². The van der Waals surface area contributed by atoms with E-state index in [0.717, 1.165) is 22.2 Å². The normalized spacial score (nSPS) is 12.3. The van der Waals surface area contributed by atoms with Gasteiger partial charge in [-0.05, 0) is 30.7 Å². The predicted molar refractivity (Wildman–Crippen MR) is 89.1 cm³/mol. The van der Waals surface area contributed by atoms with Crippen molar-refractivity contribution in [2.24, 2.45) is 0 Å². The first-order chi connectivity index (χ1) is 11.0. The summed E-state index contributed by atoms with van der Waals surface area (Å²) in [6.45, 7) is 1.70. The van der Waals surface area contributed by atoms with Gasteiger partial charge in [-0.25, -0.2) is 8.78 Å². The van der Waals surface area contributed by atoms with Crippen molar-refractivity contribution in [2.75, 3.05) is 0 Å². The van der Waals surface area contributed by atoms with Crippen LogP contribution in [0.15, 0.2) is 42.5 Å². The summed E-state index contributed by atoms with van der Waals surface area (Å²) in [6, 6.07) is 10.6. The van der Waals surface area contributed by atoms with Gasteiger partial charge >= 0.3 is 0 Å². The van der Waals surface area contributed by atoms with E-state index in [0.29, 0.717) is 15.5 Å². The molecule has 3 aromatic rings. The highest BCUT2D eigenvalue weighted by molar-refractivity contribution is 7.21. The molecule has 6 heteroatoms. The van der Waals surface area contributed by atoms with Gasteiger partial charge in [0.05, 0.1) is 11.1 Å². The van der Waals surface area contributed by atoms with Crippen LogP contribution in [0.3, 0.4) is 0 Å². The number of carbonyl (C=O) groups is 1. The second kappa shape index (κ2) is 6.26. The molecule has 0 aliphatic carbocycles. The van der Waals surface area contributed by atoms with Crippen molar-refractivity contribution < 1.29 is 13.6 Å². The predicted octanol–water partition coefficient (Wildman–Crippen LogP) is 5.32. The average Bonchev–Trinajstić information content (AvgIpc) is 2.87. The molecular formula is C17H12ClF2NOS. The van der Waals surface area contributed by atoms with E-state index in [2.05, 4.69) is 5.32 Å². The topological polar surface area (TPSA) is 29.1 Å². The SMILES string of the molecule is CC(NC(=O)c1sc2ccccc2c1Cl)c1ccc(F)c(F)c1. The third-order valence-electron chi connectivity index (χ3n) is 3.53. The van der Waals surface area contributed by atoms with E-state index < -0.39 is 17.7 Å². The Balaban J connectivity index is 1.85. The summed E-state index contributed by atoms with van der Waals surface area (Å²) in [6.07, 6.45) is 0. The standard InChI is InChI=1S/C17H12ClF2NOS/c1-9(10-6-7-12(19)13(20)8-10)21-17(22)16-15(18)11-4-2-3-5-14(11)23-16/h2-9H,1H3,(H,21,22). The smallest absolute Gasteiger partial charge is 0.263 e. The van der Waals surface area contributed by atoms with Crippen molar-refractivity contribution in [1.82, 2.24) is 5.32 Å². The molecule has 1 amide bonds. The van der Waals surface area contributed by atoms with Gasteiger partial charge in [-0.1, -0.05) is 35.9 Å². The number of thiophene rings is 1. The number of hydrogen-bond acceptors (Lipinski definition) is 2. The minimum atomic E-state index is -0.941. The molecular weight excluding hydrogens is 340 g/mol. The summed E-state index contributed by atoms with van der Waals surface area (Å²) in [5.74, 6) is -2.20. The van der Waals surface area contributed by atoms with Crippen LogP contribution < -0.4 is 5.32 Å². The number of rotatable bonds is 3. The van der Waals surface area contributed by atoms with E-state index in [1.165, 1.54) is 17.4 Å². The van der Waals surface area contributed by atoms with Crippen LogP contribution in [-0.2, 0) is 0 Å². The lowest BCUT2D eigenvalue weighted by Crippen LogP contribution is -2.26. The van der Waals surface area contributed by atoms with Crippen molar-refractivity contribution in [3.63, 3.8) is 0 Å². The van der Waals surface area contributed by atoms with Crippen LogP contribution in [-0.4, -0.2) is 5.91 Å². The van der Waals surface area contributed by atoms with Gasteiger partial charge in [0.2, 0.25) is 0 Å². The van der Waals surface area contributed by atoms with Gasteiger partial charge in [-0.2, -0.15) is 0 Å². The Morgan fingerprint density at radius 3 is 2.61 bits per heavy atom. The van der Waals surface area contributed by atoms with Gasteiger partial charge in [0.1, 0.15) is 4.88 Å². The number of halogens is 3. The van der Waals surface area contributed by atoms with Gasteiger partial charge in [0, 0.05) is 10.1 Å². The third kappa shape index (κ3) is 3.07. The van der Waals surface area contributed by atoms with Crippen molar-refractivity contribution >= 4 is 38.9 Å². The summed E-state index contributed by atoms with van der Waals surface area (Å²) >= 11 is 7.56. The lowest BCUT2D eigenvalue weighted by atomic mass is 10.1. The second-order valence-electron chi connectivity index (χ2n) is 5.11. The molecule has 2 aromatic carbocycles. The van der Waals surface area contributed by atoms with Crippen molar-refractivity contribution in [2.45, 2.75) is 13.0 Å². The molecule has 1 unspecified atom stereocenters. The molecule has 1 atom stereocenters. The molecule has 0 aliphatic rings. The lowest BCUT2D eigenvalue weighted by Gasteiger charge is -2.14. The molecule has 23 heavy (non-hydrogen) atoms. The van der Waals surface area contributed by atoms with Crippen LogP contribution in [0.5, 0.6) is 0 Å². The molecule has 118 valence electrons. The highest BCUT2D eigenvalue weighted by Gasteiger charge is 2.19. The maximum absolute atomic E-state index is 13.3. The molecule has 2 nitrogen and oxygen atoms in total. The minimum Gasteiger partial charge on any atom is -0.345 e. The van der Waals surface area contributed by atoms with Crippen LogP contribution in [0.25, 0.3) is 10.1 Å². The molecule has 1 heterocycles. The Morgan fingerprint density at radius 1 is 1.17 bits per heavy atom. The van der Waals surface area contributed by atoms with E-state index in [4.69, 9.17) is 11.6 Å². The monoisotopic (exact) mass is 351 g/mol. The highest BCUT2D eigenvalue weighted by atomic mass is 35.5. The molecule has 0 bridgehead atoms. The number of fused-ring (bicyclic) bond motifs is 1. The third-order valence-corrected chi connectivity index (χ3v) is 5.21. The van der Waals surface area contributed by atoms with Gasteiger partial charge in [-0.3, -0.25) is 4.79 Å². The summed E-state index contributed by atoms with van der Waals surface area (Å²) in [5.41, 5.74) is 0.481. The molecule has 0 aliphatic heterocycles. The Labute approximate surface area is 140 Å². The Kier molecular flexibility index (Phi) is 4.33. The van der Waals surface area contributed by atoms with Crippen molar-refractivity contribution in [1.29, 1.82) is 0 Å². The largest absolute Gasteiger partial charge is 0.345 e. The van der Waals surface area contributed by atoms with Crippen LogP contribution in [0, 0.1) is 11.6 Å². The fourth-order valence-electron chi connectivity index (χ4n) is 2.29. The first kappa shape index (κ1) is 15.9. The fourth-order valence-corrected chi connectivity index (χ4v) is 3.71. The lowest BCUT2D eigenvalue weighted by molar-refractivity contribution is 0.0944. The summed E-state index contributed by atoms with van der Waals surface area (Å²) in [7, 11) is 0. The van der Waals surface area contributed by atoms with E-state index >= 15 is 0 Å². The molecule has 1 N–H and O–H groups in total. The summed E-state index contributed by atoms with van der Waals surface area (Å²) in [4.78, 5) is 12.8. The van der Waals surface area contributed by atoms with Gasteiger partial charge < -0.3 is 5.32 Å². The van der Waals surface area contributed by atoms with Gasteiger partial charge in [-0.15, -0.1) is 11.3 Å². The number of benzene rings is 2. The molecule has 0 fully saturated rings. The van der Waals surface area contributed by atoms with Crippen LogP contribution in [0.2, 0.25) is 5.02 Å². The summed E-state index contributed by atoms with van der Waals surface area (Å²) < 4.78 is 27.2. The quantitative estimate of drug-likeness (QED) is 0.679. The van der Waals surface area contributed by atoms with Gasteiger partial charge in [0.25, 0.3) is 5.91 Å². The minimum absolute atomic E-state index is 0.339. The van der Waals surface area contributed by atoms with Crippen LogP contribution in [0.4, 0.5) is 8.78 Å². The molecule has 1 aromatic heterocycles. The first-order valence-electron chi connectivity index (χ1n) is 6.90. The maximum atomic E-state index is 13.3. The Hall–Kier alpha value is -1.98. The second-order valence-corrected chi connectivity index (χ2v) is 6.54. The molecule has 0 saturated heterocycles. The van der Waals surface area contributed by atoms with E-state index in [1.807, 2.05) is 24.3 Å². The van der Waals surface area contributed by atoms with Crippen LogP contribution >= 0.6 is 22.9 Å². The van der Waals surface area contributed by atoms with E-state index in [-0.39, 0.29) is 5.91 Å². The molecule has 0 saturated carbocycles. The van der Waals surface area contributed by atoms with Gasteiger partial charge in [0.15, 0.2) is 11.6 Å². The molecule has 3 rings (SSSR count). The fraction of sp³-hybridized carbons (Fsp3) is 0.118. The zero-order valence-electron chi connectivity index (χ0n) is 12.1. The number of hydrogen-bond donors (Lipinski definition) is 1. The Morgan fingerprint density at radius 2 is 1.91 bits per heavy atom. The number of nitrogens with one attached hydrogen (secondary N) is 1. The van der Waals surface area contributed by atoms with E-state index in [1.54, 1.807) is 6.92 Å². The highest BCUT2D eigenvalue weighted by Crippen LogP contribution is 2.35. The number of carbonyl (C=O) groups excluding carboxylic acids is 1. The maximum Gasteiger partial charge on any atom is 0.263 e. The first-order valence-corrected chi connectivity index (χ1v) is 8.09.